The molecule has 178 valence electrons. The fourth-order valence-corrected chi connectivity index (χ4v) is 4.75. The number of aromatic nitrogens is 2. The summed E-state index contributed by atoms with van der Waals surface area (Å²) in [5.41, 5.74) is 8.84. The van der Waals surface area contributed by atoms with Crippen LogP contribution < -0.4 is 5.43 Å². The molecule has 5 nitrogen and oxygen atoms in total. The van der Waals surface area contributed by atoms with Crippen LogP contribution in [-0.2, 0) is 11.3 Å². The quantitative estimate of drug-likeness (QED) is 0.144. The van der Waals surface area contributed by atoms with Gasteiger partial charge in [-0.2, -0.15) is 5.10 Å². The normalized spacial score (nSPS) is 11.2. The number of fused-ring (bicyclic) bond motifs is 1. The second kappa shape index (κ2) is 11.2. The molecular weight excluding hydrogens is 488 g/mol. The average molecular weight is 511 g/mol. The number of hydrogen-bond donors (Lipinski definition) is 1. The molecule has 1 amide bonds. The molecule has 5 rings (SSSR count). The molecule has 4 aromatic carbocycles. The summed E-state index contributed by atoms with van der Waals surface area (Å²) < 4.78 is 2.12. The van der Waals surface area contributed by atoms with Crippen LogP contribution in [-0.4, -0.2) is 27.4 Å². The summed E-state index contributed by atoms with van der Waals surface area (Å²) in [6.45, 7) is 0.638. The molecule has 0 atom stereocenters. The van der Waals surface area contributed by atoms with Gasteiger partial charge in [0.05, 0.1) is 29.5 Å². The molecule has 0 aliphatic heterocycles. The Bertz CT molecular complexity index is 1500. The number of carbonyl (C=O) groups excluding carboxylic acids is 1. The minimum atomic E-state index is -0.192. The van der Waals surface area contributed by atoms with E-state index in [2.05, 4.69) is 27.2 Å². The van der Waals surface area contributed by atoms with Crippen LogP contribution in [0.15, 0.2) is 113 Å². The largest absolute Gasteiger partial charge is 0.314 e. The van der Waals surface area contributed by atoms with Crippen LogP contribution in [0.1, 0.15) is 11.1 Å². The highest BCUT2D eigenvalue weighted by molar-refractivity contribution is 7.99. The number of benzene rings is 4. The summed E-state index contributed by atoms with van der Waals surface area (Å²) in [6, 6.07) is 33.9. The summed E-state index contributed by atoms with van der Waals surface area (Å²) in [6.07, 6.45) is 1.65. The van der Waals surface area contributed by atoms with Crippen LogP contribution in [0.5, 0.6) is 0 Å². The molecule has 1 N–H and O–H groups in total. The number of hydrogen-bond acceptors (Lipinski definition) is 4. The van der Waals surface area contributed by atoms with E-state index in [1.165, 1.54) is 11.8 Å². The van der Waals surface area contributed by atoms with Gasteiger partial charge in [-0.05, 0) is 46.5 Å². The molecule has 1 aromatic heterocycles. The third kappa shape index (κ3) is 5.85. The zero-order valence-corrected chi connectivity index (χ0v) is 20.9. The van der Waals surface area contributed by atoms with Crippen molar-refractivity contribution in [2.24, 2.45) is 5.10 Å². The van der Waals surface area contributed by atoms with Crippen molar-refractivity contribution in [2.75, 3.05) is 5.75 Å². The van der Waals surface area contributed by atoms with Crippen molar-refractivity contribution in [1.29, 1.82) is 0 Å². The van der Waals surface area contributed by atoms with Gasteiger partial charge in [0, 0.05) is 5.02 Å². The van der Waals surface area contributed by atoms with Crippen LogP contribution in [0.3, 0.4) is 0 Å². The van der Waals surface area contributed by atoms with Crippen molar-refractivity contribution in [3.63, 3.8) is 0 Å². The first kappa shape index (κ1) is 23.9. The van der Waals surface area contributed by atoms with Gasteiger partial charge in [-0.25, -0.2) is 10.4 Å². The maximum Gasteiger partial charge on any atom is 0.250 e. The molecule has 5 aromatic rings. The van der Waals surface area contributed by atoms with E-state index in [-0.39, 0.29) is 11.7 Å². The Kier molecular flexibility index (Phi) is 7.45. The van der Waals surface area contributed by atoms with E-state index < -0.39 is 0 Å². The van der Waals surface area contributed by atoms with E-state index in [1.54, 1.807) is 6.21 Å². The Hall–Kier alpha value is -3.87. The molecule has 0 bridgehead atoms. The van der Waals surface area contributed by atoms with E-state index in [1.807, 2.05) is 91.0 Å². The van der Waals surface area contributed by atoms with E-state index in [9.17, 15) is 4.79 Å². The van der Waals surface area contributed by atoms with Gasteiger partial charge in [-0.15, -0.1) is 0 Å². The molecule has 0 aliphatic rings. The van der Waals surface area contributed by atoms with Gasteiger partial charge in [0.15, 0.2) is 5.16 Å². The fraction of sp³-hybridized carbons (Fsp3) is 0.0690. The predicted octanol–water partition coefficient (Wildman–Crippen LogP) is 6.65. The second-order valence-electron chi connectivity index (χ2n) is 8.17. The van der Waals surface area contributed by atoms with Gasteiger partial charge in [0.25, 0.3) is 5.91 Å². The topological polar surface area (TPSA) is 59.3 Å². The summed E-state index contributed by atoms with van der Waals surface area (Å²) in [5.74, 6) is 0.0102. The Labute approximate surface area is 218 Å². The zero-order valence-electron chi connectivity index (χ0n) is 19.3. The molecule has 0 unspecified atom stereocenters. The second-order valence-corrected chi connectivity index (χ2v) is 9.54. The maximum atomic E-state index is 12.5. The summed E-state index contributed by atoms with van der Waals surface area (Å²) >= 11 is 7.43. The molecule has 0 spiro atoms. The van der Waals surface area contributed by atoms with E-state index in [0.717, 1.165) is 38.4 Å². The predicted molar refractivity (Wildman–Crippen MR) is 149 cm³/mol. The Morgan fingerprint density at radius 2 is 1.58 bits per heavy atom. The zero-order chi connectivity index (χ0) is 24.7. The third-order valence-corrected chi connectivity index (χ3v) is 6.85. The Balaban J connectivity index is 1.21. The summed E-state index contributed by atoms with van der Waals surface area (Å²) in [5, 5.41) is 5.60. The number of imidazole rings is 1. The van der Waals surface area contributed by atoms with Crippen LogP contribution >= 0.6 is 23.4 Å². The first-order valence-corrected chi connectivity index (χ1v) is 12.8. The number of thioether (sulfide) groups is 1. The lowest BCUT2D eigenvalue weighted by Crippen LogP contribution is -2.20. The Morgan fingerprint density at radius 3 is 2.36 bits per heavy atom. The number of hydrazone groups is 1. The average Bonchev–Trinajstić information content (AvgIpc) is 3.27. The molecule has 0 saturated carbocycles. The molecule has 0 fully saturated rings. The van der Waals surface area contributed by atoms with Gasteiger partial charge >= 0.3 is 0 Å². The van der Waals surface area contributed by atoms with Gasteiger partial charge in [0.1, 0.15) is 0 Å². The molecule has 0 aliphatic carbocycles. The van der Waals surface area contributed by atoms with Crippen molar-refractivity contribution in [1.82, 2.24) is 15.0 Å². The van der Waals surface area contributed by atoms with Crippen LogP contribution in [0.25, 0.3) is 22.2 Å². The number of nitrogens with one attached hydrogen (secondary N) is 1. The number of carbonyl (C=O) groups is 1. The van der Waals surface area contributed by atoms with Crippen molar-refractivity contribution in [3.05, 3.63) is 119 Å². The van der Waals surface area contributed by atoms with Crippen LogP contribution in [0.2, 0.25) is 5.02 Å². The lowest BCUT2D eigenvalue weighted by Gasteiger charge is -2.09. The fourth-order valence-electron chi connectivity index (χ4n) is 3.82. The lowest BCUT2D eigenvalue weighted by molar-refractivity contribution is -0.118. The number of nitrogens with zero attached hydrogens (tertiary/aromatic N) is 3. The molecule has 0 saturated heterocycles. The minimum absolute atomic E-state index is 0.192. The molecule has 7 heteroatoms. The highest BCUT2D eigenvalue weighted by Gasteiger charge is 2.13. The number of halogens is 1. The standard InChI is InChI=1S/C29H23ClN4OS/c30-25-16-12-22(13-17-25)19-34-27-9-5-4-8-26(27)32-29(34)36-20-28(35)33-31-18-21-10-14-24(15-11-21)23-6-2-1-3-7-23/h1-18H,19-20H2,(H,33,35)/b31-18-. The SMILES string of the molecule is O=C(CSc1nc2ccccc2n1Cc1ccc(Cl)cc1)N/N=C\c1ccc(-c2ccccc2)cc1. The maximum absolute atomic E-state index is 12.5. The van der Waals surface area contributed by atoms with Gasteiger partial charge in [0.2, 0.25) is 0 Å². The van der Waals surface area contributed by atoms with E-state index in [0.29, 0.717) is 11.6 Å². The van der Waals surface area contributed by atoms with E-state index in [4.69, 9.17) is 16.6 Å². The van der Waals surface area contributed by atoms with Crippen molar-refractivity contribution >= 4 is 46.5 Å². The van der Waals surface area contributed by atoms with Crippen LogP contribution in [0, 0.1) is 0 Å². The molecular formula is C29H23ClN4OS. The number of amides is 1. The first-order valence-electron chi connectivity index (χ1n) is 11.5. The van der Waals surface area contributed by atoms with Gasteiger partial charge in [-0.1, -0.05) is 102 Å². The molecule has 0 radical (unpaired) electrons. The van der Waals surface area contributed by atoms with Crippen LogP contribution in [0.4, 0.5) is 0 Å². The number of rotatable bonds is 8. The first-order chi connectivity index (χ1) is 17.7. The van der Waals surface area contributed by atoms with Crippen molar-refractivity contribution in [2.45, 2.75) is 11.7 Å². The van der Waals surface area contributed by atoms with Gasteiger partial charge in [-0.3, -0.25) is 4.79 Å². The lowest BCUT2D eigenvalue weighted by atomic mass is 10.0. The summed E-state index contributed by atoms with van der Waals surface area (Å²) in [7, 11) is 0. The highest BCUT2D eigenvalue weighted by Crippen LogP contribution is 2.25. The minimum Gasteiger partial charge on any atom is -0.314 e. The Morgan fingerprint density at radius 1 is 0.889 bits per heavy atom. The van der Waals surface area contributed by atoms with E-state index >= 15 is 0 Å². The smallest absolute Gasteiger partial charge is 0.250 e. The molecule has 1 heterocycles. The monoisotopic (exact) mass is 510 g/mol. The van der Waals surface area contributed by atoms with Crippen molar-refractivity contribution in [3.8, 4) is 11.1 Å². The molecule has 36 heavy (non-hydrogen) atoms. The highest BCUT2D eigenvalue weighted by atomic mass is 35.5. The van der Waals surface area contributed by atoms with Gasteiger partial charge < -0.3 is 4.57 Å². The number of para-hydroxylation sites is 2. The summed E-state index contributed by atoms with van der Waals surface area (Å²) in [4.78, 5) is 17.2. The van der Waals surface area contributed by atoms with Crippen molar-refractivity contribution < 1.29 is 4.79 Å². The third-order valence-electron chi connectivity index (χ3n) is 5.63.